The maximum atomic E-state index is 15.3. The minimum atomic E-state index is -1.77. The third kappa shape index (κ3) is 3.54. The van der Waals surface area contributed by atoms with Crippen LogP contribution in [0.4, 0.5) is 30.8 Å². The molecule has 0 spiro atoms. The van der Waals surface area contributed by atoms with E-state index in [2.05, 4.69) is 15.3 Å². The number of pyridine rings is 2. The number of hydrogen-bond acceptors (Lipinski definition) is 7. The molecule has 0 saturated carbocycles. The average Bonchev–Trinajstić information content (AvgIpc) is 2.79. The molecule has 1 fully saturated rings. The van der Waals surface area contributed by atoms with E-state index in [9.17, 15) is 14.3 Å². The van der Waals surface area contributed by atoms with E-state index in [0.29, 0.717) is 41.1 Å². The van der Waals surface area contributed by atoms with Gasteiger partial charge in [0.05, 0.1) is 25.4 Å². The summed E-state index contributed by atoms with van der Waals surface area (Å²) in [6.07, 6.45) is 1.44. The third-order valence-electron chi connectivity index (χ3n) is 5.89. The monoisotopic (exact) mass is 457 g/mol. The molecule has 2 aliphatic heterocycles. The van der Waals surface area contributed by atoms with Crippen molar-refractivity contribution in [2.45, 2.75) is 12.6 Å². The summed E-state index contributed by atoms with van der Waals surface area (Å²) in [6, 6.07) is 3.01. The molecule has 2 aliphatic rings. The number of hydrogen-bond donors (Lipinski definition) is 3. The van der Waals surface area contributed by atoms with Gasteiger partial charge in [-0.1, -0.05) is 0 Å². The van der Waals surface area contributed by atoms with E-state index >= 15 is 4.39 Å². The normalized spacial score (nSPS) is 16.3. The molecule has 172 valence electrons. The van der Waals surface area contributed by atoms with Crippen molar-refractivity contribution >= 4 is 34.1 Å². The van der Waals surface area contributed by atoms with E-state index in [-0.39, 0.29) is 30.3 Å². The lowest BCUT2D eigenvalue weighted by atomic mass is 9.97. The number of alkyl halides is 1. The van der Waals surface area contributed by atoms with Crippen LogP contribution in [0.1, 0.15) is 5.56 Å². The highest BCUT2D eigenvalue weighted by molar-refractivity contribution is 5.99. The van der Waals surface area contributed by atoms with Crippen LogP contribution in [0.25, 0.3) is 21.9 Å². The summed E-state index contributed by atoms with van der Waals surface area (Å²) in [5, 5.41) is 13.6. The maximum Gasteiger partial charge on any atom is 0.413 e. The Morgan fingerprint density at radius 3 is 2.79 bits per heavy atom. The van der Waals surface area contributed by atoms with E-state index < -0.39 is 24.1 Å². The fourth-order valence-electron chi connectivity index (χ4n) is 4.07. The Labute approximate surface area is 187 Å². The number of carboxylic acid groups (broad SMARTS) is 1. The summed E-state index contributed by atoms with van der Waals surface area (Å²) in [4.78, 5) is 21.0. The van der Waals surface area contributed by atoms with Crippen LogP contribution in [0.2, 0.25) is 0 Å². The van der Waals surface area contributed by atoms with Gasteiger partial charge >= 0.3 is 6.09 Å². The Balaban J connectivity index is 1.62. The number of amides is 1. The van der Waals surface area contributed by atoms with Crippen LogP contribution >= 0.6 is 0 Å². The molecule has 1 saturated heterocycles. The van der Waals surface area contributed by atoms with Crippen LogP contribution < -0.4 is 20.7 Å². The molecule has 5 rings (SSSR count). The average molecular weight is 457 g/mol. The minimum absolute atomic E-state index is 0.00578. The highest BCUT2D eigenvalue weighted by Gasteiger charge is 2.42. The van der Waals surface area contributed by atoms with Crippen LogP contribution in [0.3, 0.4) is 0 Å². The van der Waals surface area contributed by atoms with Gasteiger partial charge in [-0.15, -0.1) is 0 Å². The van der Waals surface area contributed by atoms with Crippen molar-refractivity contribution in [2.75, 3.05) is 48.9 Å². The van der Waals surface area contributed by atoms with Gasteiger partial charge in [0.25, 0.3) is 0 Å². The minimum Gasteiger partial charge on any atom is -0.474 e. The second-order valence-corrected chi connectivity index (χ2v) is 8.18. The Hall–Kier alpha value is -3.73. The highest BCUT2D eigenvalue weighted by atomic mass is 19.1. The number of nitrogens with two attached hydrogens (primary N) is 1. The van der Waals surface area contributed by atoms with Gasteiger partial charge in [-0.25, -0.2) is 23.5 Å². The van der Waals surface area contributed by atoms with E-state index in [1.807, 2.05) is 6.92 Å². The van der Waals surface area contributed by atoms with Gasteiger partial charge in [0.2, 0.25) is 5.88 Å². The standard InChI is InChI=1S/C22H21F2N5O4/c1-11-14(6-28-20-19(11)26-2-3-33-20)13-4-12-5-16(27-7-15(12)18(25)17(13)23)29(21(30)31)8-22(24)9-32-10-22/h4-7,26H,2-3,8-10,25H2,1H3,(H,30,31). The van der Waals surface area contributed by atoms with Crippen molar-refractivity contribution in [1.82, 2.24) is 9.97 Å². The number of nitrogen functional groups attached to an aromatic ring is 1. The number of nitrogens with one attached hydrogen (secondary N) is 1. The van der Waals surface area contributed by atoms with E-state index in [1.165, 1.54) is 18.5 Å². The fraction of sp³-hybridized carbons (Fsp3) is 0.318. The first kappa shape index (κ1) is 21.1. The first-order valence-corrected chi connectivity index (χ1v) is 10.3. The topological polar surface area (TPSA) is 123 Å². The maximum absolute atomic E-state index is 15.3. The Morgan fingerprint density at radius 2 is 2.09 bits per heavy atom. The van der Waals surface area contributed by atoms with Crippen LogP contribution in [-0.2, 0) is 4.74 Å². The number of fused-ring (bicyclic) bond motifs is 2. The quantitative estimate of drug-likeness (QED) is 0.510. The van der Waals surface area contributed by atoms with Gasteiger partial charge in [0.1, 0.15) is 18.1 Å². The first-order valence-electron chi connectivity index (χ1n) is 10.3. The molecule has 3 aromatic rings. The highest BCUT2D eigenvalue weighted by Crippen LogP contribution is 2.40. The molecule has 33 heavy (non-hydrogen) atoms. The summed E-state index contributed by atoms with van der Waals surface area (Å²) in [5.41, 5.74) is 6.32. The summed E-state index contributed by atoms with van der Waals surface area (Å²) in [6.45, 7) is 2.11. The number of nitrogens with zero attached hydrogens (tertiary/aromatic N) is 3. The zero-order valence-corrected chi connectivity index (χ0v) is 17.7. The molecule has 4 N–H and O–H groups in total. The second-order valence-electron chi connectivity index (χ2n) is 8.18. The van der Waals surface area contributed by atoms with E-state index in [4.69, 9.17) is 15.2 Å². The van der Waals surface area contributed by atoms with Crippen molar-refractivity contribution < 1.29 is 28.2 Å². The number of aromatic nitrogens is 2. The van der Waals surface area contributed by atoms with Crippen LogP contribution in [0, 0.1) is 12.7 Å². The Bertz CT molecular complexity index is 1280. The molecule has 0 atom stereocenters. The summed E-state index contributed by atoms with van der Waals surface area (Å²) >= 11 is 0. The Kier molecular flexibility index (Phi) is 4.93. The molecule has 2 aromatic heterocycles. The number of anilines is 3. The molecule has 0 bridgehead atoms. The van der Waals surface area contributed by atoms with Crippen molar-refractivity contribution in [3.63, 3.8) is 0 Å². The summed E-state index contributed by atoms with van der Waals surface area (Å²) < 4.78 is 40.3. The van der Waals surface area contributed by atoms with E-state index in [1.54, 1.807) is 6.07 Å². The van der Waals surface area contributed by atoms with Crippen molar-refractivity contribution in [3.05, 3.63) is 35.9 Å². The Morgan fingerprint density at radius 1 is 1.30 bits per heavy atom. The second kappa shape index (κ2) is 7.69. The molecule has 9 nitrogen and oxygen atoms in total. The number of ether oxygens (including phenoxy) is 2. The van der Waals surface area contributed by atoms with Gasteiger partial charge in [-0.2, -0.15) is 0 Å². The lowest BCUT2D eigenvalue weighted by Gasteiger charge is -2.36. The van der Waals surface area contributed by atoms with Gasteiger partial charge in [-0.05, 0) is 30.0 Å². The fourth-order valence-corrected chi connectivity index (χ4v) is 4.07. The molecule has 4 heterocycles. The molecule has 1 amide bonds. The molecule has 0 aliphatic carbocycles. The zero-order valence-electron chi connectivity index (χ0n) is 17.7. The summed E-state index contributed by atoms with van der Waals surface area (Å²) in [7, 11) is 0. The number of halogens is 2. The third-order valence-corrected chi connectivity index (χ3v) is 5.89. The molecule has 1 aromatic carbocycles. The molecular formula is C22H21F2N5O4. The number of rotatable bonds is 4. The van der Waals surface area contributed by atoms with Crippen molar-refractivity contribution in [2.24, 2.45) is 0 Å². The zero-order chi connectivity index (χ0) is 23.3. The smallest absolute Gasteiger partial charge is 0.413 e. The predicted molar refractivity (Wildman–Crippen MR) is 118 cm³/mol. The molecule has 11 heteroatoms. The van der Waals surface area contributed by atoms with Gasteiger partial charge in [-0.3, -0.25) is 4.90 Å². The number of benzene rings is 1. The van der Waals surface area contributed by atoms with Crippen LogP contribution in [0.15, 0.2) is 24.5 Å². The van der Waals surface area contributed by atoms with Gasteiger partial charge in [0, 0.05) is 35.5 Å². The lowest BCUT2D eigenvalue weighted by Crippen LogP contribution is -2.55. The predicted octanol–water partition coefficient (Wildman–Crippen LogP) is 3.35. The summed E-state index contributed by atoms with van der Waals surface area (Å²) in [5.74, 6) is -0.185. The molecule has 0 unspecified atom stereocenters. The molecule has 0 radical (unpaired) electrons. The largest absolute Gasteiger partial charge is 0.474 e. The van der Waals surface area contributed by atoms with Crippen molar-refractivity contribution in [3.8, 4) is 17.0 Å². The molecular weight excluding hydrogens is 436 g/mol. The first-order chi connectivity index (χ1) is 15.8. The lowest BCUT2D eigenvalue weighted by molar-refractivity contribution is -0.123. The van der Waals surface area contributed by atoms with Gasteiger partial charge in [0.15, 0.2) is 11.5 Å². The SMILES string of the molecule is Cc1c(-c2cc3cc(N(CC4(F)COC4)C(=O)O)ncc3c(N)c2F)cnc2c1NCCO2. The van der Waals surface area contributed by atoms with Crippen LogP contribution in [0.5, 0.6) is 5.88 Å². The van der Waals surface area contributed by atoms with Crippen LogP contribution in [-0.4, -0.2) is 59.7 Å². The van der Waals surface area contributed by atoms with E-state index in [0.717, 1.165) is 10.5 Å². The van der Waals surface area contributed by atoms with Crippen molar-refractivity contribution in [1.29, 1.82) is 0 Å². The van der Waals surface area contributed by atoms with Gasteiger partial charge < -0.3 is 25.6 Å². The number of carbonyl (C=O) groups is 1.